The third-order valence-corrected chi connectivity index (χ3v) is 2.92. The quantitative estimate of drug-likeness (QED) is 0.924. The van der Waals surface area contributed by atoms with Crippen LogP contribution in [0.5, 0.6) is 0 Å². The molecule has 0 aliphatic heterocycles. The van der Waals surface area contributed by atoms with Crippen molar-refractivity contribution in [2.24, 2.45) is 0 Å². The Labute approximate surface area is 124 Å². The maximum atomic E-state index is 11.1. The fraction of sp³-hybridized carbons (Fsp3) is 0.438. The SMILES string of the molecule is CC(C)c1ccc[nH]c1=O.Cc1ccc(=O)n(C(C)C)n1. The zero-order chi connectivity index (χ0) is 16.0. The van der Waals surface area contributed by atoms with Crippen molar-refractivity contribution < 1.29 is 0 Å². The standard InChI is InChI=1S/C8H12N2O.C8H11NO/c1-6(2)10-8(11)5-4-7(3)9-10;1-6(2)7-4-3-5-9-8(7)10/h4-6H,1-3H3;3-6H,1-2H3,(H,9,10). The molecule has 0 radical (unpaired) electrons. The molecule has 2 aromatic rings. The predicted octanol–water partition coefficient (Wildman–Crippen LogP) is 2.63. The van der Waals surface area contributed by atoms with Gasteiger partial charge in [0.25, 0.3) is 11.1 Å². The van der Waals surface area contributed by atoms with Crippen LogP contribution in [0.1, 0.15) is 50.9 Å². The van der Waals surface area contributed by atoms with E-state index in [0.29, 0.717) is 5.92 Å². The van der Waals surface area contributed by atoms with Crippen molar-refractivity contribution in [3.05, 3.63) is 62.4 Å². The van der Waals surface area contributed by atoms with E-state index >= 15 is 0 Å². The lowest BCUT2D eigenvalue weighted by Crippen LogP contribution is -2.23. The van der Waals surface area contributed by atoms with Crippen molar-refractivity contribution in [3.63, 3.8) is 0 Å². The minimum absolute atomic E-state index is 0.0255. The Kier molecular flexibility index (Phi) is 6.09. The van der Waals surface area contributed by atoms with E-state index in [4.69, 9.17) is 0 Å². The normalized spacial score (nSPS) is 10.4. The molecule has 0 bridgehead atoms. The minimum Gasteiger partial charge on any atom is -0.329 e. The van der Waals surface area contributed by atoms with Crippen LogP contribution in [0.15, 0.2) is 40.1 Å². The molecule has 0 spiro atoms. The number of aryl methyl sites for hydroxylation is 1. The van der Waals surface area contributed by atoms with Crippen LogP contribution in [0.4, 0.5) is 0 Å². The van der Waals surface area contributed by atoms with E-state index in [1.807, 2.05) is 46.8 Å². The van der Waals surface area contributed by atoms with Gasteiger partial charge in [-0.25, -0.2) is 4.68 Å². The second-order valence-electron chi connectivity index (χ2n) is 5.46. The number of nitrogens with one attached hydrogen (secondary N) is 1. The minimum atomic E-state index is -0.0365. The Morgan fingerprint density at radius 1 is 1.10 bits per heavy atom. The average molecular weight is 289 g/mol. The van der Waals surface area contributed by atoms with Crippen LogP contribution >= 0.6 is 0 Å². The number of aromatic amines is 1. The van der Waals surface area contributed by atoms with Crippen molar-refractivity contribution in [1.82, 2.24) is 14.8 Å². The molecule has 21 heavy (non-hydrogen) atoms. The zero-order valence-corrected chi connectivity index (χ0v) is 13.3. The molecule has 2 aromatic heterocycles. The third kappa shape index (κ3) is 5.02. The highest BCUT2D eigenvalue weighted by atomic mass is 16.1. The van der Waals surface area contributed by atoms with Crippen LogP contribution < -0.4 is 11.1 Å². The van der Waals surface area contributed by atoms with Crippen LogP contribution in [0.25, 0.3) is 0 Å². The molecule has 0 fully saturated rings. The first kappa shape index (κ1) is 16.9. The Bertz CT molecular complexity index is 684. The molecule has 0 aromatic carbocycles. The van der Waals surface area contributed by atoms with Gasteiger partial charge in [0.15, 0.2) is 0 Å². The van der Waals surface area contributed by atoms with Gasteiger partial charge >= 0.3 is 0 Å². The maximum Gasteiger partial charge on any atom is 0.266 e. The first-order valence-electron chi connectivity index (χ1n) is 7.07. The fourth-order valence-corrected chi connectivity index (χ4v) is 1.78. The molecule has 5 nitrogen and oxygen atoms in total. The van der Waals surface area contributed by atoms with Gasteiger partial charge < -0.3 is 4.98 Å². The van der Waals surface area contributed by atoms with E-state index in [1.54, 1.807) is 18.3 Å². The van der Waals surface area contributed by atoms with Crippen molar-refractivity contribution in [2.75, 3.05) is 0 Å². The van der Waals surface area contributed by atoms with Gasteiger partial charge in [0.2, 0.25) is 0 Å². The lowest BCUT2D eigenvalue weighted by Gasteiger charge is -2.07. The van der Waals surface area contributed by atoms with Crippen molar-refractivity contribution in [1.29, 1.82) is 0 Å². The van der Waals surface area contributed by atoms with Gasteiger partial charge in [-0.15, -0.1) is 0 Å². The lowest BCUT2D eigenvalue weighted by molar-refractivity contribution is 0.497. The summed E-state index contributed by atoms with van der Waals surface area (Å²) < 4.78 is 1.48. The first-order valence-corrected chi connectivity index (χ1v) is 7.07. The second-order valence-corrected chi connectivity index (χ2v) is 5.46. The van der Waals surface area contributed by atoms with E-state index in [0.717, 1.165) is 11.3 Å². The summed E-state index contributed by atoms with van der Waals surface area (Å²) >= 11 is 0. The van der Waals surface area contributed by atoms with Gasteiger partial charge in [-0.1, -0.05) is 19.9 Å². The summed E-state index contributed by atoms with van der Waals surface area (Å²) in [7, 11) is 0. The Morgan fingerprint density at radius 2 is 1.76 bits per heavy atom. The molecular formula is C16H23N3O2. The fourth-order valence-electron chi connectivity index (χ4n) is 1.78. The summed E-state index contributed by atoms with van der Waals surface area (Å²) in [5.41, 5.74) is 1.71. The first-order chi connectivity index (χ1) is 9.82. The van der Waals surface area contributed by atoms with Gasteiger partial charge in [-0.2, -0.15) is 5.10 Å². The molecule has 2 heterocycles. The predicted molar refractivity (Wildman–Crippen MR) is 84.8 cm³/mol. The third-order valence-electron chi connectivity index (χ3n) is 2.92. The second kappa shape index (κ2) is 7.57. The molecule has 0 unspecified atom stereocenters. The summed E-state index contributed by atoms with van der Waals surface area (Å²) in [6, 6.07) is 7.10. The highest BCUT2D eigenvalue weighted by Crippen LogP contribution is 2.06. The molecule has 0 aliphatic carbocycles. The summed E-state index contributed by atoms with van der Waals surface area (Å²) in [5, 5.41) is 4.08. The molecule has 2 rings (SSSR count). The van der Waals surface area contributed by atoms with Gasteiger partial charge in [-0.05, 0) is 38.8 Å². The Hall–Kier alpha value is -2.17. The van der Waals surface area contributed by atoms with E-state index in [2.05, 4.69) is 10.1 Å². The van der Waals surface area contributed by atoms with Gasteiger partial charge in [0.05, 0.1) is 11.7 Å². The zero-order valence-electron chi connectivity index (χ0n) is 13.3. The summed E-state index contributed by atoms with van der Waals surface area (Å²) in [6.07, 6.45) is 1.65. The van der Waals surface area contributed by atoms with Crippen LogP contribution in [0.3, 0.4) is 0 Å². The number of hydrogen-bond donors (Lipinski definition) is 1. The highest BCUT2D eigenvalue weighted by Gasteiger charge is 2.01. The highest BCUT2D eigenvalue weighted by molar-refractivity contribution is 5.12. The molecule has 0 amide bonds. The maximum absolute atomic E-state index is 11.1. The molecular weight excluding hydrogens is 266 g/mol. The summed E-state index contributed by atoms with van der Waals surface area (Å²) in [5.74, 6) is 0.310. The average Bonchev–Trinajstić information content (AvgIpc) is 2.42. The largest absolute Gasteiger partial charge is 0.329 e. The molecule has 0 atom stereocenters. The van der Waals surface area contributed by atoms with Crippen LogP contribution in [0, 0.1) is 6.92 Å². The number of nitrogens with zero attached hydrogens (tertiary/aromatic N) is 2. The molecule has 0 saturated heterocycles. The Balaban J connectivity index is 0.000000211. The smallest absolute Gasteiger partial charge is 0.266 e. The van der Waals surface area contributed by atoms with Crippen LogP contribution in [-0.4, -0.2) is 14.8 Å². The van der Waals surface area contributed by atoms with E-state index in [-0.39, 0.29) is 17.2 Å². The van der Waals surface area contributed by atoms with Crippen molar-refractivity contribution in [3.8, 4) is 0 Å². The van der Waals surface area contributed by atoms with Crippen molar-refractivity contribution in [2.45, 2.75) is 46.6 Å². The van der Waals surface area contributed by atoms with Crippen LogP contribution in [0.2, 0.25) is 0 Å². The molecule has 114 valence electrons. The van der Waals surface area contributed by atoms with Crippen LogP contribution in [-0.2, 0) is 0 Å². The van der Waals surface area contributed by atoms with Crippen molar-refractivity contribution >= 4 is 0 Å². The van der Waals surface area contributed by atoms with E-state index in [9.17, 15) is 9.59 Å². The van der Waals surface area contributed by atoms with Gasteiger partial charge in [0, 0.05) is 17.8 Å². The topological polar surface area (TPSA) is 67.8 Å². The summed E-state index contributed by atoms with van der Waals surface area (Å²) in [4.78, 5) is 24.7. The van der Waals surface area contributed by atoms with Gasteiger partial charge in [0.1, 0.15) is 0 Å². The number of aromatic nitrogens is 3. The molecule has 5 heteroatoms. The Morgan fingerprint density at radius 3 is 2.19 bits per heavy atom. The monoisotopic (exact) mass is 289 g/mol. The number of hydrogen-bond acceptors (Lipinski definition) is 3. The van der Waals surface area contributed by atoms with E-state index in [1.165, 1.54) is 4.68 Å². The molecule has 1 N–H and O–H groups in total. The number of rotatable bonds is 2. The lowest BCUT2D eigenvalue weighted by atomic mass is 10.1. The molecule has 0 saturated carbocycles. The number of H-pyrrole nitrogens is 1. The number of pyridine rings is 1. The summed E-state index contributed by atoms with van der Waals surface area (Å²) in [6.45, 7) is 9.76. The van der Waals surface area contributed by atoms with E-state index < -0.39 is 0 Å². The molecule has 0 aliphatic rings. The van der Waals surface area contributed by atoms with Gasteiger partial charge in [-0.3, -0.25) is 9.59 Å².